The van der Waals surface area contributed by atoms with Gasteiger partial charge in [-0.15, -0.1) is 24.2 Å². The highest BCUT2D eigenvalue weighted by Gasteiger charge is 2.41. The topological polar surface area (TPSA) is 15.3 Å². The number of para-hydroxylation sites is 1. The Bertz CT molecular complexity index is 451. The number of thioether (sulfide) groups is 1. The second-order valence-electron chi connectivity index (χ2n) is 5.26. The van der Waals surface area contributed by atoms with Gasteiger partial charge in [-0.25, -0.2) is 0 Å². The van der Waals surface area contributed by atoms with E-state index in [2.05, 4.69) is 40.2 Å². The van der Waals surface area contributed by atoms with Crippen molar-refractivity contribution in [1.29, 1.82) is 0 Å². The summed E-state index contributed by atoms with van der Waals surface area (Å²) in [5.41, 5.74) is 3.18. The van der Waals surface area contributed by atoms with E-state index in [0.29, 0.717) is 0 Å². The van der Waals surface area contributed by atoms with Crippen molar-refractivity contribution in [2.45, 2.75) is 29.7 Å². The zero-order chi connectivity index (χ0) is 11.2. The van der Waals surface area contributed by atoms with E-state index in [1.807, 2.05) is 0 Å². The lowest BCUT2D eigenvalue weighted by Gasteiger charge is -2.33. The molecule has 98 valence electrons. The molecule has 1 saturated heterocycles. The summed E-state index contributed by atoms with van der Waals surface area (Å²) in [6.45, 7) is 3.62. The van der Waals surface area contributed by atoms with Crippen molar-refractivity contribution in [3.63, 3.8) is 0 Å². The molecule has 1 fully saturated rings. The summed E-state index contributed by atoms with van der Waals surface area (Å²) >= 11 is 2.05. The van der Waals surface area contributed by atoms with Gasteiger partial charge in [0.1, 0.15) is 0 Å². The molecule has 1 aromatic carbocycles. The maximum absolute atomic E-state index is 3.56. The molecule has 2 atom stereocenters. The predicted molar refractivity (Wildman–Crippen MR) is 80.4 cm³/mol. The Labute approximate surface area is 119 Å². The van der Waals surface area contributed by atoms with E-state index >= 15 is 0 Å². The number of piperidine rings is 1. The normalized spacial score (nSPS) is 29.0. The van der Waals surface area contributed by atoms with E-state index in [-0.39, 0.29) is 12.4 Å². The highest BCUT2D eigenvalue weighted by molar-refractivity contribution is 7.99. The Morgan fingerprint density at radius 1 is 1.33 bits per heavy atom. The van der Waals surface area contributed by atoms with Gasteiger partial charge in [-0.2, -0.15) is 0 Å². The van der Waals surface area contributed by atoms with Crippen molar-refractivity contribution in [2.24, 2.45) is 0 Å². The Hall–Kier alpha value is -0.380. The first-order valence-electron chi connectivity index (χ1n) is 6.68. The first kappa shape index (κ1) is 12.6. The van der Waals surface area contributed by atoms with Crippen molar-refractivity contribution in [3.05, 3.63) is 23.8 Å². The number of fused-ring (bicyclic) bond motifs is 3. The third-order valence-corrected chi connectivity index (χ3v) is 5.50. The van der Waals surface area contributed by atoms with Crippen molar-refractivity contribution in [2.75, 3.05) is 30.3 Å². The van der Waals surface area contributed by atoms with Crippen LogP contribution in [0.3, 0.4) is 0 Å². The fourth-order valence-corrected chi connectivity index (χ4v) is 4.70. The smallest absolute Gasteiger partial charge is 0.0543 e. The van der Waals surface area contributed by atoms with Gasteiger partial charge >= 0.3 is 0 Å². The highest BCUT2D eigenvalue weighted by Crippen LogP contribution is 2.49. The molecule has 0 aromatic heterocycles. The zero-order valence-electron chi connectivity index (χ0n) is 10.4. The Morgan fingerprint density at radius 3 is 3.22 bits per heavy atom. The summed E-state index contributed by atoms with van der Waals surface area (Å²) in [5, 5.41) is 3.56. The van der Waals surface area contributed by atoms with Gasteiger partial charge in [0.2, 0.25) is 0 Å². The standard InChI is InChI=1S/C14H18N2S.ClH/c1-3-10-11-9-15-6-5-12(11)16-7-2-8-17-13(4-1)14(10)16;/h1,3-4,11-12,15H,2,5-9H2;1H/t11-,12-;/m1./s1. The van der Waals surface area contributed by atoms with Crippen molar-refractivity contribution in [3.8, 4) is 0 Å². The molecule has 0 spiro atoms. The number of nitrogens with zero attached hydrogens (tertiary/aromatic N) is 1. The van der Waals surface area contributed by atoms with Crippen LogP contribution >= 0.6 is 24.2 Å². The minimum atomic E-state index is 0. The summed E-state index contributed by atoms with van der Waals surface area (Å²) in [7, 11) is 0. The molecule has 0 saturated carbocycles. The van der Waals surface area contributed by atoms with Gasteiger partial charge in [0.25, 0.3) is 0 Å². The molecule has 3 aliphatic heterocycles. The molecule has 0 amide bonds. The van der Waals surface area contributed by atoms with Gasteiger partial charge < -0.3 is 10.2 Å². The molecule has 4 rings (SSSR count). The van der Waals surface area contributed by atoms with Crippen LogP contribution in [0, 0.1) is 0 Å². The SMILES string of the molecule is Cl.c1cc2c3c(c1)[C@H]1CNCC[C@H]1N3CCCS2. The van der Waals surface area contributed by atoms with E-state index in [1.54, 1.807) is 11.3 Å². The number of rotatable bonds is 0. The maximum atomic E-state index is 3.56. The van der Waals surface area contributed by atoms with Crippen LogP contribution in [0.2, 0.25) is 0 Å². The molecule has 3 aliphatic rings. The summed E-state index contributed by atoms with van der Waals surface area (Å²) < 4.78 is 0. The molecule has 4 heteroatoms. The van der Waals surface area contributed by atoms with Crippen molar-refractivity contribution < 1.29 is 0 Å². The maximum Gasteiger partial charge on any atom is 0.0543 e. The molecule has 0 bridgehead atoms. The van der Waals surface area contributed by atoms with Gasteiger partial charge in [-0.1, -0.05) is 12.1 Å². The van der Waals surface area contributed by atoms with Crippen LogP contribution in [0.4, 0.5) is 5.69 Å². The fraction of sp³-hybridized carbons (Fsp3) is 0.571. The molecule has 18 heavy (non-hydrogen) atoms. The lowest BCUT2D eigenvalue weighted by molar-refractivity contribution is 0.403. The van der Waals surface area contributed by atoms with E-state index in [4.69, 9.17) is 0 Å². The summed E-state index contributed by atoms with van der Waals surface area (Å²) in [6, 6.07) is 7.69. The van der Waals surface area contributed by atoms with Crippen molar-refractivity contribution in [1.82, 2.24) is 5.32 Å². The molecular weight excluding hydrogens is 264 g/mol. The van der Waals surface area contributed by atoms with E-state index in [1.165, 1.54) is 43.1 Å². The molecular formula is C14H19ClN2S. The van der Waals surface area contributed by atoms with Gasteiger partial charge in [0.05, 0.1) is 5.69 Å². The molecule has 1 aromatic rings. The summed E-state index contributed by atoms with van der Waals surface area (Å²) in [4.78, 5) is 4.24. The Kier molecular flexibility index (Phi) is 3.48. The van der Waals surface area contributed by atoms with E-state index < -0.39 is 0 Å². The summed E-state index contributed by atoms with van der Waals surface area (Å²) in [5.74, 6) is 2.01. The molecule has 0 radical (unpaired) electrons. The predicted octanol–water partition coefficient (Wildman–Crippen LogP) is 2.87. The third kappa shape index (κ3) is 1.75. The highest BCUT2D eigenvalue weighted by atomic mass is 35.5. The lowest BCUT2D eigenvalue weighted by Crippen LogP contribution is -2.44. The number of benzene rings is 1. The van der Waals surface area contributed by atoms with Gasteiger partial charge in [0.15, 0.2) is 0 Å². The Morgan fingerprint density at radius 2 is 2.28 bits per heavy atom. The fourth-order valence-electron chi connectivity index (χ4n) is 3.66. The second kappa shape index (κ2) is 4.95. The number of halogens is 1. The molecule has 0 aliphatic carbocycles. The van der Waals surface area contributed by atoms with Crippen LogP contribution in [0.5, 0.6) is 0 Å². The first-order chi connectivity index (χ1) is 8.45. The minimum Gasteiger partial charge on any atom is -0.367 e. The van der Waals surface area contributed by atoms with Crippen LogP contribution in [-0.4, -0.2) is 31.4 Å². The van der Waals surface area contributed by atoms with Gasteiger partial charge in [0, 0.05) is 29.9 Å². The first-order valence-corrected chi connectivity index (χ1v) is 7.67. The van der Waals surface area contributed by atoms with Crippen LogP contribution < -0.4 is 10.2 Å². The van der Waals surface area contributed by atoms with Crippen LogP contribution in [0.25, 0.3) is 0 Å². The number of hydrogen-bond acceptors (Lipinski definition) is 3. The average molecular weight is 283 g/mol. The van der Waals surface area contributed by atoms with Crippen LogP contribution in [0.1, 0.15) is 24.3 Å². The summed E-state index contributed by atoms with van der Waals surface area (Å²) in [6.07, 6.45) is 2.64. The molecule has 2 nitrogen and oxygen atoms in total. The van der Waals surface area contributed by atoms with E-state index in [0.717, 1.165) is 12.0 Å². The number of hydrogen-bond donors (Lipinski definition) is 1. The molecule has 0 unspecified atom stereocenters. The van der Waals surface area contributed by atoms with Crippen molar-refractivity contribution >= 4 is 29.9 Å². The number of nitrogens with one attached hydrogen (secondary N) is 1. The largest absolute Gasteiger partial charge is 0.367 e. The average Bonchev–Trinajstić information content (AvgIpc) is 2.56. The van der Waals surface area contributed by atoms with Crippen LogP contribution in [0.15, 0.2) is 23.1 Å². The third-order valence-electron chi connectivity index (χ3n) is 4.36. The Balaban J connectivity index is 0.000001000. The van der Waals surface area contributed by atoms with E-state index in [9.17, 15) is 0 Å². The lowest BCUT2D eigenvalue weighted by atomic mass is 9.90. The molecule has 3 heterocycles. The monoisotopic (exact) mass is 282 g/mol. The quantitative estimate of drug-likeness (QED) is 0.788. The zero-order valence-corrected chi connectivity index (χ0v) is 12.0. The van der Waals surface area contributed by atoms with Gasteiger partial charge in [-0.3, -0.25) is 0 Å². The van der Waals surface area contributed by atoms with Gasteiger partial charge in [-0.05, 0) is 36.8 Å². The minimum absolute atomic E-state index is 0. The number of anilines is 1. The second-order valence-corrected chi connectivity index (χ2v) is 6.39. The molecule has 1 N–H and O–H groups in total. The van der Waals surface area contributed by atoms with Crippen LogP contribution in [-0.2, 0) is 0 Å².